The van der Waals surface area contributed by atoms with Crippen molar-refractivity contribution in [1.82, 2.24) is 10.2 Å². The van der Waals surface area contributed by atoms with Gasteiger partial charge in [0.05, 0.1) is 18.9 Å². The summed E-state index contributed by atoms with van der Waals surface area (Å²) in [5.41, 5.74) is 2.03. The zero-order valence-corrected chi connectivity index (χ0v) is 19.6. The van der Waals surface area contributed by atoms with E-state index in [1.807, 2.05) is 31.2 Å². The van der Waals surface area contributed by atoms with Crippen molar-refractivity contribution < 1.29 is 17.9 Å². The van der Waals surface area contributed by atoms with Gasteiger partial charge in [-0.05, 0) is 63.1 Å². The summed E-state index contributed by atoms with van der Waals surface area (Å²) < 4.78 is 39.7. The van der Waals surface area contributed by atoms with E-state index in [0.29, 0.717) is 24.7 Å². The lowest BCUT2D eigenvalue weighted by Crippen LogP contribution is -2.19. The maximum absolute atomic E-state index is 13.0. The molecule has 0 saturated carbocycles. The number of nitrogens with one attached hydrogen (secondary N) is 1. The maximum atomic E-state index is 13.0. The Kier molecular flexibility index (Phi) is 6.98. The van der Waals surface area contributed by atoms with E-state index in [0.717, 1.165) is 30.2 Å². The van der Waals surface area contributed by atoms with Gasteiger partial charge in [-0.3, -0.25) is 4.72 Å². The molecule has 1 N–H and O–H groups in total. The Morgan fingerprint density at radius 2 is 1.64 bits per heavy atom. The van der Waals surface area contributed by atoms with Crippen LogP contribution in [0.5, 0.6) is 11.5 Å². The smallest absolute Gasteiger partial charge is 0.265 e. The summed E-state index contributed by atoms with van der Waals surface area (Å²) in [5.74, 6) is 1.70. The Balaban J connectivity index is 1.50. The molecule has 0 radical (unpaired) electrons. The number of nitrogens with zero attached hydrogens (tertiary/aromatic N) is 3. The molecule has 1 saturated heterocycles. The molecule has 2 aromatic carbocycles. The summed E-state index contributed by atoms with van der Waals surface area (Å²) in [6, 6.07) is 15.7. The Hall–Kier alpha value is -3.33. The van der Waals surface area contributed by atoms with Gasteiger partial charge in [-0.15, -0.1) is 10.2 Å². The second-order valence-corrected chi connectivity index (χ2v) is 9.28. The molecule has 0 amide bonds. The van der Waals surface area contributed by atoms with Crippen molar-refractivity contribution in [3.05, 3.63) is 54.6 Å². The first kappa shape index (κ1) is 22.8. The summed E-state index contributed by atoms with van der Waals surface area (Å²) in [4.78, 5) is 2.28. The van der Waals surface area contributed by atoms with Crippen molar-refractivity contribution >= 4 is 21.5 Å². The highest BCUT2D eigenvalue weighted by molar-refractivity contribution is 7.92. The Labute approximate surface area is 194 Å². The van der Waals surface area contributed by atoms with Crippen molar-refractivity contribution in [2.45, 2.75) is 31.6 Å². The molecule has 174 valence electrons. The fourth-order valence-corrected chi connectivity index (χ4v) is 4.93. The van der Waals surface area contributed by atoms with Crippen molar-refractivity contribution in [2.24, 2.45) is 0 Å². The van der Waals surface area contributed by atoms with E-state index in [4.69, 9.17) is 9.47 Å². The van der Waals surface area contributed by atoms with Crippen molar-refractivity contribution in [1.29, 1.82) is 0 Å². The molecule has 1 aliphatic rings. The molecule has 8 nitrogen and oxygen atoms in total. The number of anilines is 2. The first-order chi connectivity index (χ1) is 16.0. The van der Waals surface area contributed by atoms with Crippen LogP contribution >= 0.6 is 0 Å². The number of ether oxygens (including phenoxy) is 2. The predicted octanol–water partition coefficient (Wildman–Crippen LogP) is 4.34. The molecule has 1 aromatic heterocycles. The van der Waals surface area contributed by atoms with Gasteiger partial charge >= 0.3 is 0 Å². The molecular weight excluding hydrogens is 440 g/mol. The van der Waals surface area contributed by atoms with Gasteiger partial charge in [0.2, 0.25) is 0 Å². The van der Waals surface area contributed by atoms with Gasteiger partial charge < -0.3 is 14.4 Å². The lowest BCUT2D eigenvalue weighted by molar-refractivity contribution is 0.317. The van der Waals surface area contributed by atoms with Crippen molar-refractivity contribution in [3.8, 4) is 22.8 Å². The van der Waals surface area contributed by atoms with Crippen LogP contribution in [-0.2, 0) is 10.0 Å². The number of hydrogen-bond donors (Lipinski definition) is 1. The van der Waals surface area contributed by atoms with Gasteiger partial charge in [0, 0.05) is 30.4 Å². The molecular formula is C24H28N4O4S. The topological polar surface area (TPSA) is 93.7 Å². The van der Waals surface area contributed by atoms with E-state index >= 15 is 0 Å². The third-order valence-corrected chi connectivity index (χ3v) is 6.75. The minimum atomic E-state index is -3.85. The first-order valence-corrected chi connectivity index (χ1v) is 12.6. The second-order valence-electron chi connectivity index (χ2n) is 7.63. The van der Waals surface area contributed by atoms with Gasteiger partial charge in [-0.2, -0.15) is 0 Å². The zero-order chi connectivity index (χ0) is 23.3. The highest BCUT2D eigenvalue weighted by Crippen LogP contribution is 2.31. The van der Waals surface area contributed by atoms with Gasteiger partial charge in [-0.1, -0.05) is 12.1 Å². The van der Waals surface area contributed by atoms with Gasteiger partial charge in [-0.25, -0.2) is 8.42 Å². The van der Waals surface area contributed by atoms with Crippen LogP contribution in [0, 0.1) is 0 Å². The molecule has 2 heterocycles. The highest BCUT2D eigenvalue weighted by Gasteiger charge is 2.21. The molecule has 0 spiro atoms. The second kappa shape index (κ2) is 10.1. The highest BCUT2D eigenvalue weighted by atomic mass is 32.2. The molecule has 0 atom stereocenters. The van der Waals surface area contributed by atoms with Crippen LogP contribution in [0.2, 0.25) is 0 Å². The van der Waals surface area contributed by atoms with E-state index in [9.17, 15) is 8.42 Å². The standard InChI is InChI=1S/C24H28N4O4S/c1-3-31-20-11-13-23(22(17-20)32-4-2)33(29,30)27-19-9-7-18(8-10-19)21-12-14-24(26-25-21)28-15-5-6-16-28/h7-14,17,27H,3-6,15-16H2,1-2H3. The molecule has 1 fully saturated rings. The lowest BCUT2D eigenvalue weighted by atomic mass is 10.1. The number of hydrogen-bond acceptors (Lipinski definition) is 7. The largest absolute Gasteiger partial charge is 0.494 e. The molecule has 9 heteroatoms. The van der Waals surface area contributed by atoms with E-state index < -0.39 is 10.0 Å². The average molecular weight is 469 g/mol. The Morgan fingerprint density at radius 3 is 2.27 bits per heavy atom. The van der Waals surface area contributed by atoms with Crippen molar-refractivity contribution in [3.63, 3.8) is 0 Å². The fourth-order valence-electron chi connectivity index (χ4n) is 3.75. The van der Waals surface area contributed by atoms with Crippen LogP contribution in [0.25, 0.3) is 11.3 Å². The summed E-state index contributed by atoms with van der Waals surface area (Å²) in [7, 11) is -3.85. The molecule has 0 unspecified atom stereocenters. The van der Waals surface area contributed by atoms with Crippen LogP contribution in [0.3, 0.4) is 0 Å². The average Bonchev–Trinajstić information content (AvgIpc) is 3.35. The molecule has 3 aromatic rings. The summed E-state index contributed by atoms with van der Waals surface area (Å²) in [5, 5.41) is 8.69. The van der Waals surface area contributed by atoms with Crippen LogP contribution < -0.4 is 19.1 Å². The Bertz CT molecular complexity index is 1180. The van der Waals surface area contributed by atoms with E-state index in [1.54, 1.807) is 31.2 Å². The number of aromatic nitrogens is 2. The maximum Gasteiger partial charge on any atom is 0.265 e. The van der Waals surface area contributed by atoms with E-state index in [1.165, 1.54) is 18.9 Å². The van der Waals surface area contributed by atoms with Gasteiger partial charge in [0.15, 0.2) is 5.82 Å². The molecule has 1 aliphatic heterocycles. The normalized spacial score (nSPS) is 13.7. The zero-order valence-electron chi connectivity index (χ0n) is 18.8. The van der Waals surface area contributed by atoms with Gasteiger partial charge in [0.25, 0.3) is 10.0 Å². The molecule has 0 aliphatic carbocycles. The summed E-state index contributed by atoms with van der Waals surface area (Å²) >= 11 is 0. The lowest BCUT2D eigenvalue weighted by Gasteiger charge is -2.15. The molecule has 33 heavy (non-hydrogen) atoms. The number of rotatable bonds is 9. The van der Waals surface area contributed by atoms with E-state index in [2.05, 4.69) is 19.8 Å². The minimum Gasteiger partial charge on any atom is -0.494 e. The quantitative estimate of drug-likeness (QED) is 0.499. The summed E-state index contributed by atoms with van der Waals surface area (Å²) in [6.45, 7) is 6.52. The minimum absolute atomic E-state index is 0.0558. The fraction of sp³-hybridized carbons (Fsp3) is 0.333. The first-order valence-electron chi connectivity index (χ1n) is 11.1. The molecule has 0 bridgehead atoms. The third-order valence-electron chi connectivity index (χ3n) is 5.33. The van der Waals surface area contributed by atoms with Gasteiger partial charge in [0.1, 0.15) is 16.4 Å². The van der Waals surface area contributed by atoms with Crippen molar-refractivity contribution in [2.75, 3.05) is 35.9 Å². The number of sulfonamides is 1. The van der Waals surface area contributed by atoms with Crippen LogP contribution in [0.4, 0.5) is 11.5 Å². The SMILES string of the molecule is CCOc1ccc(S(=O)(=O)Nc2ccc(-c3ccc(N4CCCC4)nn3)cc2)c(OCC)c1. The van der Waals surface area contributed by atoms with E-state index in [-0.39, 0.29) is 10.6 Å². The van der Waals surface area contributed by atoms with Crippen LogP contribution in [-0.4, -0.2) is 44.9 Å². The molecule has 4 rings (SSSR count). The van der Waals surface area contributed by atoms with Crippen LogP contribution in [0.1, 0.15) is 26.7 Å². The van der Waals surface area contributed by atoms with Crippen LogP contribution in [0.15, 0.2) is 59.5 Å². The summed E-state index contributed by atoms with van der Waals surface area (Å²) in [6.07, 6.45) is 2.37. The number of benzene rings is 2. The third kappa shape index (κ3) is 5.36. The monoisotopic (exact) mass is 468 g/mol. The Morgan fingerprint density at radius 1 is 0.909 bits per heavy atom. The predicted molar refractivity (Wildman–Crippen MR) is 129 cm³/mol.